The van der Waals surface area contributed by atoms with Crippen molar-refractivity contribution >= 4 is 34.8 Å². The molecular weight excluding hydrogens is 242 g/mol. The maximum atomic E-state index is 10.1. The maximum Gasteiger partial charge on any atom is 0.0911 e. The first kappa shape index (κ1) is 10.6. The number of benzene rings is 1. The predicted octanol–water partition coefficient (Wildman–Crippen LogP) is 4.02. The summed E-state index contributed by atoms with van der Waals surface area (Å²) >= 11 is 17.7. The molecule has 1 N–H and O–H groups in total. The standard InChI is InChI=1S/C10H9Cl3O/c11-7-5-9(13)8(12)4-6(7)10(14)2-1-3-10/h4-5,14H,1-3H2. The van der Waals surface area contributed by atoms with Gasteiger partial charge in [0.15, 0.2) is 0 Å². The Hall–Kier alpha value is 0.0500. The zero-order valence-corrected chi connectivity index (χ0v) is 9.62. The van der Waals surface area contributed by atoms with Crippen molar-refractivity contribution in [3.05, 3.63) is 32.8 Å². The lowest BCUT2D eigenvalue weighted by molar-refractivity contribution is -0.0386. The van der Waals surface area contributed by atoms with E-state index in [0.717, 1.165) is 19.3 Å². The molecule has 2 rings (SSSR count). The molecule has 0 unspecified atom stereocenters. The summed E-state index contributed by atoms with van der Waals surface area (Å²) in [5, 5.41) is 11.4. The summed E-state index contributed by atoms with van der Waals surface area (Å²) in [6, 6.07) is 3.24. The second-order valence-electron chi connectivity index (χ2n) is 3.63. The SMILES string of the molecule is OC1(c2cc(Cl)c(Cl)cc2Cl)CCC1. The van der Waals surface area contributed by atoms with E-state index in [1.165, 1.54) is 0 Å². The molecule has 0 heterocycles. The highest BCUT2D eigenvalue weighted by molar-refractivity contribution is 6.43. The van der Waals surface area contributed by atoms with Crippen LogP contribution in [0.4, 0.5) is 0 Å². The van der Waals surface area contributed by atoms with Gasteiger partial charge in [0.05, 0.1) is 15.6 Å². The quantitative estimate of drug-likeness (QED) is 0.748. The lowest BCUT2D eigenvalue weighted by Gasteiger charge is -2.37. The molecule has 0 radical (unpaired) electrons. The average Bonchev–Trinajstić information content (AvgIpc) is 2.07. The minimum atomic E-state index is -0.786. The van der Waals surface area contributed by atoms with Gasteiger partial charge >= 0.3 is 0 Å². The van der Waals surface area contributed by atoms with E-state index in [4.69, 9.17) is 34.8 Å². The molecule has 0 saturated heterocycles. The van der Waals surface area contributed by atoms with E-state index in [1.54, 1.807) is 12.1 Å². The highest BCUT2D eigenvalue weighted by Crippen LogP contribution is 2.45. The van der Waals surface area contributed by atoms with Crippen LogP contribution in [0.15, 0.2) is 12.1 Å². The van der Waals surface area contributed by atoms with Gasteiger partial charge in [-0.25, -0.2) is 0 Å². The van der Waals surface area contributed by atoms with Gasteiger partial charge in [-0.3, -0.25) is 0 Å². The lowest BCUT2D eigenvalue weighted by atomic mass is 9.75. The number of hydrogen-bond acceptors (Lipinski definition) is 1. The average molecular weight is 252 g/mol. The third kappa shape index (κ3) is 1.63. The topological polar surface area (TPSA) is 20.2 Å². The van der Waals surface area contributed by atoms with Crippen LogP contribution in [0.5, 0.6) is 0 Å². The molecule has 76 valence electrons. The Bertz CT molecular complexity index is 372. The smallest absolute Gasteiger partial charge is 0.0911 e. The van der Waals surface area contributed by atoms with E-state index in [1.807, 2.05) is 0 Å². The van der Waals surface area contributed by atoms with Gasteiger partial charge in [-0.1, -0.05) is 34.8 Å². The summed E-state index contributed by atoms with van der Waals surface area (Å²) in [5.74, 6) is 0. The molecule has 1 fully saturated rings. The number of rotatable bonds is 1. The van der Waals surface area contributed by atoms with E-state index < -0.39 is 5.60 Å². The summed E-state index contributed by atoms with van der Waals surface area (Å²) in [4.78, 5) is 0. The molecule has 1 aliphatic carbocycles. The fourth-order valence-corrected chi connectivity index (χ4v) is 2.38. The first-order valence-corrected chi connectivity index (χ1v) is 5.54. The lowest BCUT2D eigenvalue weighted by Crippen LogP contribution is -2.33. The van der Waals surface area contributed by atoms with Gasteiger partial charge in [0, 0.05) is 10.6 Å². The van der Waals surface area contributed by atoms with Crippen LogP contribution >= 0.6 is 34.8 Å². The number of halogens is 3. The largest absolute Gasteiger partial charge is 0.385 e. The van der Waals surface area contributed by atoms with Gasteiger partial charge in [-0.15, -0.1) is 0 Å². The minimum Gasteiger partial charge on any atom is -0.385 e. The summed E-state index contributed by atoms with van der Waals surface area (Å²) in [7, 11) is 0. The van der Waals surface area contributed by atoms with Gasteiger partial charge < -0.3 is 5.11 Å². The molecular formula is C10H9Cl3O. The second-order valence-corrected chi connectivity index (χ2v) is 4.85. The zero-order valence-electron chi connectivity index (χ0n) is 7.36. The van der Waals surface area contributed by atoms with Crippen molar-refractivity contribution in [2.75, 3.05) is 0 Å². The van der Waals surface area contributed by atoms with E-state index in [0.29, 0.717) is 20.6 Å². The number of hydrogen-bond donors (Lipinski definition) is 1. The zero-order chi connectivity index (χ0) is 10.3. The molecule has 0 aliphatic heterocycles. The Balaban J connectivity index is 2.48. The van der Waals surface area contributed by atoms with Gasteiger partial charge in [-0.2, -0.15) is 0 Å². The van der Waals surface area contributed by atoms with Crippen LogP contribution in [0, 0.1) is 0 Å². The van der Waals surface area contributed by atoms with Crippen molar-refractivity contribution < 1.29 is 5.11 Å². The van der Waals surface area contributed by atoms with Crippen molar-refractivity contribution in [3.8, 4) is 0 Å². The Kier molecular flexibility index (Phi) is 2.69. The fourth-order valence-electron chi connectivity index (χ4n) is 1.66. The number of aliphatic hydroxyl groups is 1. The van der Waals surface area contributed by atoms with Crippen LogP contribution in [0.2, 0.25) is 15.1 Å². The van der Waals surface area contributed by atoms with Crippen LogP contribution in [-0.4, -0.2) is 5.11 Å². The maximum absolute atomic E-state index is 10.1. The van der Waals surface area contributed by atoms with Gasteiger partial charge in [0.1, 0.15) is 0 Å². The normalized spacial score (nSPS) is 19.1. The van der Waals surface area contributed by atoms with Gasteiger partial charge in [0.2, 0.25) is 0 Å². The molecule has 1 aliphatic rings. The van der Waals surface area contributed by atoms with E-state index in [-0.39, 0.29) is 0 Å². The van der Waals surface area contributed by atoms with Gasteiger partial charge in [0.25, 0.3) is 0 Å². The summed E-state index contributed by atoms with van der Waals surface area (Å²) < 4.78 is 0. The Morgan fingerprint density at radius 3 is 2.07 bits per heavy atom. The first-order valence-electron chi connectivity index (χ1n) is 4.40. The first-order chi connectivity index (χ1) is 6.53. The molecule has 14 heavy (non-hydrogen) atoms. The molecule has 0 bridgehead atoms. The molecule has 1 nitrogen and oxygen atoms in total. The molecule has 1 aromatic rings. The predicted molar refractivity (Wildman–Crippen MR) is 59.2 cm³/mol. The molecule has 0 aromatic heterocycles. The second kappa shape index (κ2) is 3.57. The molecule has 4 heteroatoms. The van der Waals surface area contributed by atoms with Crippen LogP contribution in [0.3, 0.4) is 0 Å². The van der Waals surface area contributed by atoms with E-state index >= 15 is 0 Å². The summed E-state index contributed by atoms with van der Waals surface area (Å²) in [6.07, 6.45) is 2.50. The van der Waals surface area contributed by atoms with E-state index in [9.17, 15) is 5.11 Å². The van der Waals surface area contributed by atoms with Crippen molar-refractivity contribution in [2.24, 2.45) is 0 Å². The molecule has 0 atom stereocenters. The van der Waals surface area contributed by atoms with Crippen LogP contribution in [0.25, 0.3) is 0 Å². The van der Waals surface area contributed by atoms with Crippen molar-refractivity contribution in [1.82, 2.24) is 0 Å². The summed E-state index contributed by atoms with van der Waals surface area (Å²) in [6.45, 7) is 0. The summed E-state index contributed by atoms with van der Waals surface area (Å²) in [5.41, 5.74) is -0.0921. The Morgan fingerprint density at radius 2 is 1.57 bits per heavy atom. The Labute approximate surface area is 97.6 Å². The highest BCUT2D eigenvalue weighted by atomic mass is 35.5. The molecule has 1 aromatic carbocycles. The van der Waals surface area contributed by atoms with Crippen molar-refractivity contribution in [2.45, 2.75) is 24.9 Å². The van der Waals surface area contributed by atoms with Gasteiger partial charge in [-0.05, 0) is 31.4 Å². The monoisotopic (exact) mass is 250 g/mol. The third-order valence-corrected chi connectivity index (χ3v) is 3.73. The van der Waals surface area contributed by atoms with Crippen LogP contribution < -0.4 is 0 Å². The fraction of sp³-hybridized carbons (Fsp3) is 0.400. The van der Waals surface area contributed by atoms with Crippen molar-refractivity contribution in [3.63, 3.8) is 0 Å². The van der Waals surface area contributed by atoms with Crippen LogP contribution in [0.1, 0.15) is 24.8 Å². The highest BCUT2D eigenvalue weighted by Gasteiger charge is 2.38. The van der Waals surface area contributed by atoms with E-state index in [2.05, 4.69) is 0 Å². The molecule has 0 spiro atoms. The third-order valence-electron chi connectivity index (χ3n) is 2.69. The Morgan fingerprint density at radius 1 is 1.00 bits per heavy atom. The molecule has 0 amide bonds. The van der Waals surface area contributed by atoms with Crippen LogP contribution in [-0.2, 0) is 5.60 Å². The molecule has 1 saturated carbocycles. The minimum absolute atomic E-state index is 0.420. The van der Waals surface area contributed by atoms with Crippen molar-refractivity contribution in [1.29, 1.82) is 0 Å².